The van der Waals surface area contributed by atoms with E-state index in [-0.39, 0.29) is 42.3 Å². The highest BCUT2D eigenvalue weighted by molar-refractivity contribution is 6.08. The van der Waals surface area contributed by atoms with Crippen molar-refractivity contribution in [2.45, 2.75) is 50.6 Å². The lowest BCUT2D eigenvalue weighted by Crippen LogP contribution is -2.52. The molecule has 0 spiro atoms. The molecule has 3 heterocycles. The van der Waals surface area contributed by atoms with Gasteiger partial charge >= 0.3 is 0 Å². The fourth-order valence-electron chi connectivity index (χ4n) is 6.09. The number of benzene rings is 3. The normalized spacial score (nSPS) is 18.0. The molecule has 0 radical (unpaired) electrons. The first-order valence-corrected chi connectivity index (χ1v) is 15.1. The highest BCUT2D eigenvalue weighted by Gasteiger charge is 2.33. The Kier molecular flexibility index (Phi) is 8.60. The lowest BCUT2D eigenvalue weighted by atomic mass is 10.00. The molecule has 1 aromatic heterocycles. The molecular weight excluding hydrogens is 558 g/mol. The molecule has 44 heavy (non-hydrogen) atoms. The number of aromatic nitrogens is 2. The largest absolute Gasteiger partial charge is 0.497 e. The highest BCUT2D eigenvalue weighted by atomic mass is 16.5. The summed E-state index contributed by atoms with van der Waals surface area (Å²) in [5.41, 5.74) is 2.83. The van der Waals surface area contributed by atoms with E-state index in [4.69, 9.17) is 9.47 Å². The Morgan fingerprint density at radius 2 is 1.55 bits per heavy atom. The predicted molar refractivity (Wildman–Crippen MR) is 167 cm³/mol. The summed E-state index contributed by atoms with van der Waals surface area (Å²) in [5, 5.41) is 11.2. The second kappa shape index (κ2) is 12.9. The van der Waals surface area contributed by atoms with Gasteiger partial charge in [0.1, 0.15) is 11.5 Å². The van der Waals surface area contributed by atoms with E-state index >= 15 is 0 Å². The summed E-state index contributed by atoms with van der Waals surface area (Å²) in [6.07, 6.45) is 4.62. The van der Waals surface area contributed by atoms with Crippen LogP contribution in [0.1, 0.15) is 52.1 Å². The minimum absolute atomic E-state index is 0.00961. The van der Waals surface area contributed by atoms with Gasteiger partial charge < -0.3 is 20.1 Å². The quantitative estimate of drug-likeness (QED) is 0.293. The smallest absolute Gasteiger partial charge is 0.272 e. The van der Waals surface area contributed by atoms with Gasteiger partial charge in [-0.3, -0.25) is 19.3 Å². The molecule has 2 N–H and O–H groups in total. The molecule has 3 aromatic carbocycles. The number of nitrogens with one attached hydrogen (secondary N) is 2. The van der Waals surface area contributed by atoms with Crippen LogP contribution < -0.4 is 20.1 Å². The van der Waals surface area contributed by atoms with Crippen LogP contribution in [0, 0.1) is 0 Å². The average molecular weight is 596 g/mol. The number of rotatable bonds is 9. The van der Waals surface area contributed by atoms with Crippen LogP contribution in [0.15, 0.2) is 66.7 Å². The van der Waals surface area contributed by atoms with Crippen molar-refractivity contribution in [3.8, 4) is 11.5 Å². The van der Waals surface area contributed by atoms with Crippen molar-refractivity contribution in [2.75, 3.05) is 32.6 Å². The first-order valence-electron chi connectivity index (χ1n) is 15.1. The van der Waals surface area contributed by atoms with Crippen LogP contribution in [0.5, 0.6) is 11.5 Å². The molecule has 2 aliphatic rings. The summed E-state index contributed by atoms with van der Waals surface area (Å²) in [5.74, 6) is 0.628. The van der Waals surface area contributed by atoms with Crippen LogP contribution >= 0.6 is 0 Å². The molecule has 2 aliphatic heterocycles. The fraction of sp³-hybridized carbons (Fsp3) is 0.353. The van der Waals surface area contributed by atoms with Crippen molar-refractivity contribution in [3.05, 3.63) is 83.6 Å². The Labute approximate surface area is 256 Å². The molecule has 2 saturated heterocycles. The van der Waals surface area contributed by atoms with Crippen LogP contribution in [0.2, 0.25) is 0 Å². The number of ether oxygens (including phenoxy) is 2. The lowest BCUT2D eigenvalue weighted by Gasteiger charge is -2.40. The summed E-state index contributed by atoms with van der Waals surface area (Å²) in [7, 11) is 3.19. The number of methoxy groups -OCH3 is 2. The second-order valence-corrected chi connectivity index (χ2v) is 11.5. The number of hydrogen-bond donors (Lipinski definition) is 2. The van der Waals surface area contributed by atoms with E-state index in [9.17, 15) is 14.4 Å². The van der Waals surface area contributed by atoms with Gasteiger partial charge in [0.05, 0.1) is 32.6 Å². The van der Waals surface area contributed by atoms with Crippen LogP contribution in [0.25, 0.3) is 10.9 Å². The highest BCUT2D eigenvalue weighted by Crippen LogP contribution is 2.28. The Hall–Kier alpha value is -4.70. The molecule has 2 atom stereocenters. The summed E-state index contributed by atoms with van der Waals surface area (Å²) < 4.78 is 11.7. The topological polar surface area (TPSA) is 115 Å². The van der Waals surface area contributed by atoms with Crippen molar-refractivity contribution < 1.29 is 23.9 Å². The Morgan fingerprint density at radius 1 is 0.864 bits per heavy atom. The third-order valence-electron chi connectivity index (χ3n) is 8.60. The van der Waals surface area contributed by atoms with Crippen LogP contribution in [0.3, 0.4) is 0 Å². The Morgan fingerprint density at radius 3 is 2.18 bits per heavy atom. The van der Waals surface area contributed by atoms with Crippen LogP contribution in [-0.4, -0.2) is 71.8 Å². The van der Waals surface area contributed by atoms with Gasteiger partial charge in [-0.1, -0.05) is 24.3 Å². The number of nitrogens with zero attached hydrogens (tertiary/aromatic N) is 3. The molecule has 4 aromatic rings. The van der Waals surface area contributed by atoms with Crippen molar-refractivity contribution >= 4 is 34.3 Å². The van der Waals surface area contributed by atoms with E-state index in [0.29, 0.717) is 28.4 Å². The van der Waals surface area contributed by atoms with Gasteiger partial charge in [-0.15, -0.1) is 0 Å². The number of amides is 2. The molecule has 1 unspecified atom stereocenters. The summed E-state index contributed by atoms with van der Waals surface area (Å²) in [6, 6.07) is 20.4. The molecule has 10 heteroatoms. The van der Waals surface area contributed by atoms with E-state index in [0.717, 1.165) is 49.2 Å². The van der Waals surface area contributed by atoms with E-state index in [1.165, 1.54) is 11.1 Å². The first-order chi connectivity index (χ1) is 21.4. The first kappa shape index (κ1) is 29.4. The van der Waals surface area contributed by atoms with Crippen molar-refractivity contribution in [2.24, 2.45) is 0 Å². The molecule has 2 amide bonds. The van der Waals surface area contributed by atoms with Crippen molar-refractivity contribution in [1.82, 2.24) is 20.0 Å². The monoisotopic (exact) mass is 595 g/mol. The third-order valence-corrected chi connectivity index (χ3v) is 8.60. The molecule has 0 aliphatic carbocycles. The summed E-state index contributed by atoms with van der Waals surface area (Å²) >= 11 is 0. The molecule has 6 rings (SSSR count). The van der Waals surface area contributed by atoms with Gasteiger partial charge in [-0.05, 0) is 85.8 Å². The minimum atomic E-state index is -0.323. The van der Waals surface area contributed by atoms with E-state index < -0.39 is 0 Å². The van der Waals surface area contributed by atoms with E-state index in [1.807, 2.05) is 36.4 Å². The minimum Gasteiger partial charge on any atom is -0.497 e. The number of carbonyl (C=O) groups is 3. The van der Waals surface area contributed by atoms with Crippen LogP contribution in [-0.2, 0) is 17.6 Å². The van der Waals surface area contributed by atoms with Gasteiger partial charge in [-0.25, -0.2) is 0 Å². The second-order valence-electron chi connectivity index (χ2n) is 11.5. The molecule has 0 bridgehead atoms. The number of anilines is 1. The Balaban J connectivity index is 1.25. The van der Waals surface area contributed by atoms with Crippen molar-refractivity contribution in [1.29, 1.82) is 0 Å². The van der Waals surface area contributed by atoms with Crippen LogP contribution in [0.4, 0.5) is 5.69 Å². The maximum atomic E-state index is 13.7. The Bertz CT molecular complexity index is 1660. The molecule has 228 valence electrons. The van der Waals surface area contributed by atoms with Gasteiger partial charge in [0.15, 0.2) is 5.69 Å². The van der Waals surface area contributed by atoms with Crippen molar-refractivity contribution in [3.63, 3.8) is 0 Å². The number of carbonyl (C=O) groups excluding carboxylic acids is 3. The SMILES string of the molecule is COc1ccc(CC(=O)Nc2ccc3c(c2)c(C(=O)N[C@H]2CCCC4CCN4C2)nn3C(=O)Cc2ccc(OC)cc2)cc1. The van der Waals surface area contributed by atoms with E-state index in [2.05, 4.69) is 20.6 Å². The standard InChI is InChI=1S/C34H37N5O5/c1-43-27-11-6-22(7-12-27)18-31(40)35-24-10-15-30-29(20-24)33(34(42)36-25-4-3-5-26-16-17-38(26)21-25)37-39(30)32(41)19-23-8-13-28(44-2)14-9-23/h6-15,20,25-26H,3-5,16-19,21H2,1-2H3,(H,35,40)(H,36,42)/t25-,26?/m0/s1. The maximum Gasteiger partial charge on any atom is 0.272 e. The zero-order valence-corrected chi connectivity index (χ0v) is 25.0. The molecular formula is C34H37N5O5. The zero-order valence-electron chi connectivity index (χ0n) is 25.0. The third kappa shape index (κ3) is 6.45. The molecule has 2 fully saturated rings. The zero-order chi connectivity index (χ0) is 30.6. The summed E-state index contributed by atoms with van der Waals surface area (Å²) in [6.45, 7) is 1.88. The lowest BCUT2D eigenvalue weighted by molar-refractivity contribution is -0.115. The maximum absolute atomic E-state index is 13.7. The van der Waals surface area contributed by atoms with E-state index in [1.54, 1.807) is 44.6 Å². The molecule has 10 nitrogen and oxygen atoms in total. The predicted octanol–water partition coefficient (Wildman–Crippen LogP) is 4.47. The average Bonchev–Trinajstić information content (AvgIpc) is 3.34. The number of fused-ring (bicyclic) bond motifs is 2. The van der Waals surface area contributed by atoms with Gasteiger partial charge in [0, 0.05) is 29.7 Å². The fourth-order valence-corrected chi connectivity index (χ4v) is 6.09. The van der Waals surface area contributed by atoms with Gasteiger partial charge in [0.2, 0.25) is 5.91 Å². The summed E-state index contributed by atoms with van der Waals surface area (Å²) in [4.78, 5) is 42.5. The molecule has 0 saturated carbocycles. The van der Waals surface area contributed by atoms with Gasteiger partial charge in [0.25, 0.3) is 11.8 Å². The van der Waals surface area contributed by atoms with Gasteiger partial charge in [-0.2, -0.15) is 9.78 Å². The number of hydrogen-bond acceptors (Lipinski definition) is 7.